The standard InChI is InChI=1S/C12H15N5O6S/c1-5-8(11(21)17(5)23-3-7(18)19)15-10(20)9(16-22-2)6-4-24-12(13)14-6/h4-5,8H,3H2,1-2H3,(H2,13,14)(H,15,20)(H,18,19)/t5-,8-/m1/s1. The van der Waals surface area contributed by atoms with Gasteiger partial charge in [0.15, 0.2) is 17.5 Å². The summed E-state index contributed by atoms with van der Waals surface area (Å²) in [5.41, 5.74) is 5.61. The third-order valence-corrected chi connectivity index (χ3v) is 3.79. The van der Waals surface area contributed by atoms with Gasteiger partial charge in [-0.1, -0.05) is 5.16 Å². The molecule has 0 aromatic carbocycles. The SMILES string of the molecule is CON=C(C(=O)N[C@H]1C(=O)N(OCC(=O)O)[C@@H]1C)c1csc(N)n1. The second kappa shape index (κ2) is 7.23. The van der Waals surface area contributed by atoms with E-state index in [0.29, 0.717) is 0 Å². The van der Waals surface area contributed by atoms with E-state index in [4.69, 9.17) is 15.7 Å². The van der Waals surface area contributed by atoms with Crippen LogP contribution >= 0.6 is 11.3 Å². The quantitative estimate of drug-likeness (QED) is 0.312. The molecule has 130 valence electrons. The fourth-order valence-electron chi connectivity index (χ4n) is 1.99. The highest BCUT2D eigenvalue weighted by atomic mass is 32.1. The van der Waals surface area contributed by atoms with Crippen LogP contribution in [0.5, 0.6) is 0 Å². The molecule has 1 fully saturated rings. The Morgan fingerprint density at radius 3 is 2.79 bits per heavy atom. The maximum Gasteiger partial charge on any atom is 0.332 e. The lowest BCUT2D eigenvalue weighted by molar-refractivity contribution is -0.233. The summed E-state index contributed by atoms with van der Waals surface area (Å²) in [4.78, 5) is 48.1. The number of hydroxylamine groups is 2. The Bertz CT molecular complexity index is 689. The highest BCUT2D eigenvalue weighted by Gasteiger charge is 2.47. The van der Waals surface area contributed by atoms with Gasteiger partial charge in [-0.3, -0.25) is 14.4 Å². The number of hydrogen-bond acceptors (Lipinski definition) is 9. The van der Waals surface area contributed by atoms with Crippen LogP contribution in [-0.2, 0) is 24.1 Å². The lowest BCUT2D eigenvalue weighted by Crippen LogP contribution is -2.70. The number of β-lactam (4-membered cyclic amide) rings is 1. The van der Waals surface area contributed by atoms with Crippen LogP contribution in [0.1, 0.15) is 12.6 Å². The fourth-order valence-corrected chi connectivity index (χ4v) is 2.54. The molecular weight excluding hydrogens is 342 g/mol. The van der Waals surface area contributed by atoms with E-state index in [1.807, 2.05) is 0 Å². The lowest BCUT2D eigenvalue weighted by Gasteiger charge is -2.43. The Hall–Kier alpha value is -2.73. The summed E-state index contributed by atoms with van der Waals surface area (Å²) in [6.45, 7) is 0.952. The number of thiazole rings is 1. The number of aromatic nitrogens is 1. The zero-order chi connectivity index (χ0) is 17.9. The van der Waals surface area contributed by atoms with Crippen LogP contribution in [0.4, 0.5) is 5.13 Å². The Balaban J connectivity index is 2.02. The van der Waals surface area contributed by atoms with Gasteiger partial charge < -0.3 is 21.0 Å². The molecular formula is C12H15N5O6S. The number of oxime groups is 1. The highest BCUT2D eigenvalue weighted by Crippen LogP contribution is 2.20. The molecule has 4 N–H and O–H groups in total. The summed E-state index contributed by atoms with van der Waals surface area (Å²) >= 11 is 1.12. The molecule has 12 heteroatoms. The summed E-state index contributed by atoms with van der Waals surface area (Å²) in [5.74, 6) is -2.45. The molecule has 2 heterocycles. The van der Waals surface area contributed by atoms with Crippen molar-refractivity contribution in [1.29, 1.82) is 0 Å². The second-order valence-electron chi connectivity index (χ2n) is 4.72. The van der Waals surface area contributed by atoms with Gasteiger partial charge in [-0.2, -0.15) is 0 Å². The van der Waals surface area contributed by atoms with Gasteiger partial charge >= 0.3 is 5.97 Å². The zero-order valence-corrected chi connectivity index (χ0v) is 13.6. The molecule has 0 spiro atoms. The number of anilines is 1. The van der Waals surface area contributed by atoms with Crippen molar-refractivity contribution in [3.8, 4) is 0 Å². The first-order valence-electron chi connectivity index (χ1n) is 6.66. The largest absolute Gasteiger partial charge is 0.479 e. The number of carbonyl (C=O) groups is 3. The summed E-state index contributed by atoms with van der Waals surface area (Å²) < 4.78 is 0. The van der Waals surface area contributed by atoms with Gasteiger partial charge in [0.2, 0.25) is 0 Å². The van der Waals surface area contributed by atoms with Gasteiger partial charge in [-0.05, 0) is 6.92 Å². The number of nitrogens with two attached hydrogens (primary N) is 1. The predicted octanol–water partition coefficient (Wildman–Crippen LogP) is -1.19. The average Bonchev–Trinajstić information content (AvgIpc) is 2.96. The van der Waals surface area contributed by atoms with Crippen molar-refractivity contribution in [1.82, 2.24) is 15.4 Å². The molecule has 1 aromatic rings. The van der Waals surface area contributed by atoms with E-state index in [9.17, 15) is 14.4 Å². The molecule has 0 unspecified atom stereocenters. The molecule has 2 rings (SSSR count). The van der Waals surface area contributed by atoms with Gasteiger partial charge in [0.1, 0.15) is 18.8 Å². The number of amides is 2. The first-order chi connectivity index (χ1) is 11.3. The maximum absolute atomic E-state index is 12.3. The van der Waals surface area contributed by atoms with E-state index >= 15 is 0 Å². The van der Waals surface area contributed by atoms with Gasteiger partial charge in [0, 0.05) is 5.38 Å². The normalized spacial score (nSPS) is 20.5. The van der Waals surface area contributed by atoms with Crippen molar-refractivity contribution in [2.24, 2.45) is 5.16 Å². The van der Waals surface area contributed by atoms with E-state index < -0.39 is 36.5 Å². The first kappa shape index (κ1) is 17.6. The number of rotatable bonds is 7. The van der Waals surface area contributed by atoms with E-state index in [-0.39, 0.29) is 16.5 Å². The number of carboxylic acids is 1. The van der Waals surface area contributed by atoms with Crippen LogP contribution in [0.25, 0.3) is 0 Å². The molecule has 0 saturated carbocycles. The van der Waals surface area contributed by atoms with Crippen LogP contribution in [-0.4, -0.2) is 64.4 Å². The number of nitrogens with zero attached hydrogens (tertiary/aromatic N) is 3. The van der Waals surface area contributed by atoms with E-state index in [1.165, 1.54) is 12.5 Å². The third-order valence-electron chi connectivity index (χ3n) is 3.11. The van der Waals surface area contributed by atoms with Gasteiger partial charge in [-0.25, -0.2) is 14.8 Å². The lowest BCUT2D eigenvalue weighted by atomic mass is 10.00. The molecule has 0 aliphatic carbocycles. The van der Waals surface area contributed by atoms with Crippen molar-refractivity contribution in [2.45, 2.75) is 19.0 Å². The number of nitrogen functional groups attached to an aromatic ring is 1. The van der Waals surface area contributed by atoms with Crippen LogP contribution in [0, 0.1) is 0 Å². The maximum atomic E-state index is 12.3. The molecule has 2 atom stereocenters. The summed E-state index contributed by atoms with van der Waals surface area (Å²) in [5, 5.41) is 17.3. The summed E-state index contributed by atoms with van der Waals surface area (Å²) in [7, 11) is 1.27. The summed E-state index contributed by atoms with van der Waals surface area (Å²) in [6, 6.07) is -1.41. The molecule has 1 aliphatic rings. The van der Waals surface area contributed by atoms with E-state index in [1.54, 1.807) is 6.92 Å². The Morgan fingerprint density at radius 2 is 2.29 bits per heavy atom. The number of carbonyl (C=O) groups excluding carboxylic acids is 2. The van der Waals surface area contributed by atoms with Crippen molar-refractivity contribution in [2.75, 3.05) is 19.5 Å². The van der Waals surface area contributed by atoms with Crippen molar-refractivity contribution in [3.63, 3.8) is 0 Å². The molecule has 24 heavy (non-hydrogen) atoms. The fraction of sp³-hybridized carbons (Fsp3) is 0.417. The van der Waals surface area contributed by atoms with Crippen LogP contribution in [0.3, 0.4) is 0 Å². The van der Waals surface area contributed by atoms with E-state index in [2.05, 4.69) is 20.3 Å². The topological polar surface area (TPSA) is 156 Å². The molecule has 1 aromatic heterocycles. The van der Waals surface area contributed by atoms with Crippen LogP contribution < -0.4 is 11.1 Å². The molecule has 1 aliphatic heterocycles. The van der Waals surface area contributed by atoms with Crippen LogP contribution in [0.15, 0.2) is 10.5 Å². The monoisotopic (exact) mass is 357 g/mol. The molecule has 0 radical (unpaired) electrons. The van der Waals surface area contributed by atoms with Crippen molar-refractivity contribution in [3.05, 3.63) is 11.1 Å². The number of nitrogens with one attached hydrogen (secondary N) is 1. The number of aliphatic carboxylic acids is 1. The average molecular weight is 357 g/mol. The van der Waals surface area contributed by atoms with Gasteiger partial charge in [0.05, 0.1) is 6.04 Å². The molecule has 1 saturated heterocycles. The van der Waals surface area contributed by atoms with Gasteiger partial charge in [-0.15, -0.1) is 11.3 Å². The zero-order valence-electron chi connectivity index (χ0n) is 12.8. The Kier molecular flexibility index (Phi) is 5.31. The number of hydrogen-bond donors (Lipinski definition) is 3. The van der Waals surface area contributed by atoms with Crippen molar-refractivity contribution >= 4 is 40.0 Å². The Labute approximate surface area is 140 Å². The third kappa shape index (κ3) is 3.60. The minimum Gasteiger partial charge on any atom is -0.479 e. The summed E-state index contributed by atoms with van der Waals surface area (Å²) in [6.07, 6.45) is 0. The van der Waals surface area contributed by atoms with Gasteiger partial charge in [0.25, 0.3) is 11.8 Å². The van der Waals surface area contributed by atoms with E-state index in [0.717, 1.165) is 16.4 Å². The molecule has 0 bridgehead atoms. The predicted molar refractivity (Wildman–Crippen MR) is 81.9 cm³/mol. The van der Waals surface area contributed by atoms with Crippen LogP contribution in [0.2, 0.25) is 0 Å². The first-order valence-corrected chi connectivity index (χ1v) is 7.54. The van der Waals surface area contributed by atoms with Crippen molar-refractivity contribution < 1.29 is 29.2 Å². The number of carboxylic acid groups (broad SMARTS) is 1. The highest BCUT2D eigenvalue weighted by molar-refractivity contribution is 7.13. The Morgan fingerprint density at radius 1 is 1.58 bits per heavy atom. The molecule has 2 amide bonds. The smallest absolute Gasteiger partial charge is 0.332 e. The molecule has 11 nitrogen and oxygen atoms in total. The second-order valence-corrected chi connectivity index (χ2v) is 5.61. The minimum absolute atomic E-state index is 0.129. The minimum atomic E-state index is -1.21.